The van der Waals surface area contributed by atoms with Crippen molar-refractivity contribution >= 4 is 33.3 Å². The molecule has 0 saturated heterocycles. The maximum absolute atomic E-state index is 3.77. The lowest BCUT2D eigenvalue weighted by atomic mass is 10.0. The second-order valence-electron chi connectivity index (χ2n) is 5.33. The van der Waals surface area contributed by atoms with E-state index in [0.717, 1.165) is 12.2 Å². The molecule has 1 heteroatoms. The van der Waals surface area contributed by atoms with Crippen molar-refractivity contribution in [1.82, 2.24) is 0 Å². The van der Waals surface area contributed by atoms with Crippen molar-refractivity contribution in [2.24, 2.45) is 0 Å². The molecule has 3 aromatic carbocycles. The molecule has 0 heterocycles. The van der Waals surface area contributed by atoms with Gasteiger partial charge in [-0.05, 0) is 51.8 Å². The van der Waals surface area contributed by atoms with Gasteiger partial charge in [-0.1, -0.05) is 54.6 Å². The number of rotatable bonds is 6. The first-order valence-electron chi connectivity index (χ1n) is 7.47. The summed E-state index contributed by atoms with van der Waals surface area (Å²) in [5.41, 5.74) is 1.42. The van der Waals surface area contributed by atoms with Crippen LogP contribution in [-0.2, 0) is 5.75 Å². The molecule has 0 radical (unpaired) electrons. The molecule has 106 valence electrons. The Morgan fingerprint density at radius 1 is 0.905 bits per heavy atom. The highest BCUT2D eigenvalue weighted by Gasteiger charge is 2.02. The monoisotopic (exact) mass is 292 g/mol. The zero-order valence-electron chi connectivity index (χ0n) is 12.2. The third-order valence-corrected chi connectivity index (χ3v) is 4.89. The van der Waals surface area contributed by atoms with E-state index >= 15 is 0 Å². The maximum atomic E-state index is 3.77. The van der Waals surface area contributed by atoms with E-state index in [1.807, 2.05) is 17.8 Å². The molecule has 0 spiro atoms. The van der Waals surface area contributed by atoms with Crippen LogP contribution in [-0.4, -0.2) is 5.75 Å². The normalized spacial score (nSPS) is 11.0. The van der Waals surface area contributed by atoms with E-state index in [9.17, 15) is 0 Å². The Labute approximate surface area is 130 Å². The molecule has 0 bridgehead atoms. The Hall–Kier alpha value is -1.73. The minimum Gasteiger partial charge on any atom is -0.157 e. The molecule has 0 aliphatic rings. The van der Waals surface area contributed by atoms with Crippen LogP contribution in [0, 0.1) is 0 Å². The summed E-state index contributed by atoms with van der Waals surface area (Å²) in [6, 6.07) is 19.9. The average molecular weight is 292 g/mol. The number of hydrogen-bond acceptors (Lipinski definition) is 1. The minimum atomic E-state index is 1.09. The van der Waals surface area contributed by atoms with Crippen molar-refractivity contribution in [2.45, 2.75) is 18.6 Å². The van der Waals surface area contributed by atoms with Gasteiger partial charge in [-0.2, -0.15) is 11.8 Å². The molecular weight excluding hydrogens is 272 g/mol. The van der Waals surface area contributed by atoms with Crippen molar-refractivity contribution in [2.75, 3.05) is 5.75 Å². The van der Waals surface area contributed by atoms with Crippen LogP contribution in [0.1, 0.15) is 18.4 Å². The van der Waals surface area contributed by atoms with Crippen LogP contribution in [0.3, 0.4) is 0 Å². The van der Waals surface area contributed by atoms with Gasteiger partial charge in [-0.15, -0.1) is 6.58 Å². The van der Waals surface area contributed by atoms with Crippen molar-refractivity contribution in [3.05, 3.63) is 72.8 Å². The van der Waals surface area contributed by atoms with Crippen LogP contribution in [0.15, 0.2) is 67.3 Å². The standard InChI is InChI=1S/C20H20S/c1-2-3-6-13-21-15-16-9-10-18-12-11-17-7-4-5-8-19(17)20(18)14-16/h2,4-5,7-12,14H,1,3,6,13,15H2. The van der Waals surface area contributed by atoms with Gasteiger partial charge in [0.2, 0.25) is 0 Å². The van der Waals surface area contributed by atoms with Crippen molar-refractivity contribution in [1.29, 1.82) is 0 Å². The Kier molecular flexibility index (Phi) is 4.62. The van der Waals surface area contributed by atoms with Crippen molar-refractivity contribution < 1.29 is 0 Å². The number of hydrogen-bond donors (Lipinski definition) is 0. The molecule has 21 heavy (non-hydrogen) atoms. The quantitative estimate of drug-likeness (QED) is 0.296. The summed E-state index contributed by atoms with van der Waals surface area (Å²) in [6.45, 7) is 3.77. The van der Waals surface area contributed by atoms with Gasteiger partial charge in [0.25, 0.3) is 0 Å². The molecule has 0 fully saturated rings. The minimum absolute atomic E-state index is 1.09. The summed E-state index contributed by atoms with van der Waals surface area (Å²) >= 11 is 2.01. The number of thioether (sulfide) groups is 1. The first kappa shape index (κ1) is 14.2. The molecule has 0 unspecified atom stereocenters. The van der Waals surface area contributed by atoms with Crippen LogP contribution in [0.5, 0.6) is 0 Å². The van der Waals surface area contributed by atoms with Gasteiger partial charge < -0.3 is 0 Å². The molecule has 0 aliphatic heterocycles. The van der Waals surface area contributed by atoms with Gasteiger partial charge in [0.05, 0.1) is 0 Å². The van der Waals surface area contributed by atoms with E-state index in [-0.39, 0.29) is 0 Å². The fraction of sp³-hybridized carbons (Fsp3) is 0.200. The zero-order chi connectivity index (χ0) is 14.5. The van der Waals surface area contributed by atoms with Crippen molar-refractivity contribution in [3.63, 3.8) is 0 Å². The van der Waals surface area contributed by atoms with Gasteiger partial charge in [0.15, 0.2) is 0 Å². The molecule has 0 nitrogen and oxygen atoms in total. The molecule has 0 saturated carbocycles. The smallest absolute Gasteiger partial charge is 0.0184 e. The largest absolute Gasteiger partial charge is 0.157 e. The highest BCUT2D eigenvalue weighted by atomic mass is 32.2. The second kappa shape index (κ2) is 6.82. The van der Waals surface area contributed by atoms with Crippen LogP contribution in [0.2, 0.25) is 0 Å². The van der Waals surface area contributed by atoms with Crippen LogP contribution < -0.4 is 0 Å². The lowest BCUT2D eigenvalue weighted by Gasteiger charge is -2.07. The molecule has 0 aromatic heterocycles. The summed E-state index contributed by atoms with van der Waals surface area (Å²) < 4.78 is 0. The fourth-order valence-corrected chi connectivity index (χ4v) is 3.59. The molecule has 3 rings (SSSR count). The van der Waals surface area contributed by atoms with Crippen molar-refractivity contribution in [3.8, 4) is 0 Å². The molecule has 0 aliphatic carbocycles. The first-order valence-corrected chi connectivity index (χ1v) is 8.63. The summed E-state index contributed by atoms with van der Waals surface area (Å²) in [5.74, 6) is 2.30. The van der Waals surface area contributed by atoms with Gasteiger partial charge in [-0.3, -0.25) is 0 Å². The maximum Gasteiger partial charge on any atom is 0.0184 e. The van der Waals surface area contributed by atoms with E-state index < -0.39 is 0 Å². The summed E-state index contributed by atoms with van der Waals surface area (Å²) in [4.78, 5) is 0. The lowest BCUT2D eigenvalue weighted by molar-refractivity contribution is 0.973. The highest BCUT2D eigenvalue weighted by Crippen LogP contribution is 2.27. The van der Waals surface area contributed by atoms with E-state index in [1.165, 1.54) is 39.3 Å². The summed E-state index contributed by atoms with van der Waals surface area (Å²) in [5, 5.41) is 5.38. The number of fused-ring (bicyclic) bond motifs is 3. The molecule has 0 N–H and O–H groups in total. The molecule has 0 atom stereocenters. The topological polar surface area (TPSA) is 0 Å². The predicted octanol–water partition coefficient (Wildman–Crippen LogP) is 6.19. The highest BCUT2D eigenvalue weighted by molar-refractivity contribution is 7.98. The second-order valence-corrected chi connectivity index (χ2v) is 6.43. The summed E-state index contributed by atoms with van der Waals surface area (Å²) in [7, 11) is 0. The zero-order valence-corrected chi connectivity index (χ0v) is 13.0. The SMILES string of the molecule is C=CCCCSCc1ccc2ccc3ccccc3c2c1. The Morgan fingerprint density at radius 3 is 2.52 bits per heavy atom. The molecule has 3 aromatic rings. The van der Waals surface area contributed by atoms with E-state index in [2.05, 4.69) is 61.2 Å². The lowest BCUT2D eigenvalue weighted by Crippen LogP contribution is -1.85. The summed E-state index contributed by atoms with van der Waals surface area (Å²) in [6.07, 6.45) is 4.35. The van der Waals surface area contributed by atoms with Crippen LogP contribution in [0.4, 0.5) is 0 Å². The van der Waals surface area contributed by atoms with Gasteiger partial charge in [0.1, 0.15) is 0 Å². The van der Waals surface area contributed by atoms with Crippen LogP contribution >= 0.6 is 11.8 Å². The third kappa shape index (κ3) is 3.30. The average Bonchev–Trinajstić information content (AvgIpc) is 2.54. The Balaban J connectivity index is 1.84. The van der Waals surface area contributed by atoms with Gasteiger partial charge in [0, 0.05) is 5.75 Å². The molecular formula is C20H20S. The van der Waals surface area contributed by atoms with E-state index in [4.69, 9.17) is 0 Å². The van der Waals surface area contributed by atoms with Gasteiger partial charge in [-0.25, -0.2) is 0 Å². The van der Waals surface area contributed by atoms with E-state index in [0.29, 0.717) is 0 Å². The molecule has 0 amide bonds. The number of allylic oxidation sites excluding steroid dienone is 1. The Morgan fingerprint density at radius 2 is 1.67 bits per heavy atom. The van der Waals surface area contributed by atoms with Crippen LogP contribution in [0.25, 0.3) is 21.5 Å². The first-order chi connectivity index (χ1) is 10.4. The fourth-order valence-electron chi connectivity index (χ4n) is 2.66. The number of unbranched alkanes of at least 4 members (excludes halogenated alkanes) is 1. The predicted molar refractivity (Wildman–Crippen MR) is 97.0 cm³/mol. The van der Waals surface area contributed by atoms with Gasteiger partial charge >= 0.3 is 0 Å². The third-order valence-electron chi connectivity index (χ3n) is 3.78. The number of benzene rings is 3. The Bertz CT molecular complexity index is 758. The van der Waals surface area contributed by atoms with E-state index in [1.54, 1.807) is 0 Å².